The summed E-state index contributed by atoms with van der Waals surface area (Å²) in [5.74, 6) is 5.08. The van der Waals surface area contributed by atoms with E-state index in [2.05, 4.69) is 11.2 Å². The molecule has 0 spiro atoms. The highest BCUT2D eigenvalue weighted by Crippen LogP contribution is 2.61. The van der Waals surface area contributed by atoms with Gasteiger partial charge in [-0.3, -0.25) is 4.79 Å². The van der Waals surface area contributed by atoms with E-state index >= 15 is 0 Å². The van der Waals surface area contributed by atoms with Crippen molar-refractivity contribution in [2.75, 3.05) is 6.54 Å². The maximum Gasteiger partial charge on any atom is 0.237 e. The fourth-order valence-electron chi connectivity index (χ4n) is 5.37. The summed E-state index contributed by atoms with van der Waals surface area (Å²) in [6, 6.07) is -0.385. The molecular formula is C16H24N2O. The van der Waals surface area contributed by atoms with Crippen LogP contribution in [-0.4, -0.2) is 18.5 Å². The Morgan fingerprint density at radius 1 is 1.26 bits per heavy atom. The first-order valence-corrected chi connectivity index (χ1v) is 7.57. The van der Waals surface area contributed by atoms with E-state index in [-0.39, 0.29) is 18.5 Å². The summed E-state index contributed by atoms with van der Waals surface area (Å²) in [6.07, 6.45) is 14.2. The van der Waals surface area contributed by atoms with Crippen molar-refractivity contribution in [3.8, 4) is 12.3 Å². The van der Waals surface area contributed by atoms with Gasteiger partial charge >= 0.3 is 0 Å². The molecular weight excluding hydrogens is 236 g/mol. The lowest BCUT2D eigenvalue weighted by atomic mass is 9.48. The molecule has 0 aromatic rings. The molecule has 104 valence electrons. The maximum atomic E-state index is 11.9. The summed E-state index contributed by atoms with van der Waals surface area (Å²) in [7, 11) is 0. The second kappa shape index (κ2) is 4.83. The highest BCUT2D eigenvalue weighted by molar-refractivity contribution is 5.81. The van der Waals surface area contributed by atoms with Gasteiger partial charge in [0.05, 0.1) is 12.6 Å². The average Bonchev–Trinajstić information content (AvgIpc) is 2.33. The monoisotopic (exact) mass is 260 g/mol. The molecule has 0 aromatic heterocycles. The van der Waals surface area contributed by atoms with Crippen molar-refractivity contribution in [1.29, 1.82) is 0 Å². The molecule has 4 saturated carbocycles. The zero-order valence-electron chi connectivity index (χ0n) is 11.5. The molecule has 3 nitrogen and oxygen atoms in total. The van der Waals surface area contributed by atoms with Gasteiger partial charge in [0.2, 0.25) is 5.91 Å². The maximum absolute atomic E-state index is 11.9. The van der Waals surface area contributed by atoms with Gasteiger partial charge in [0.1, 0.15) is 0 Å². The molecule has 0 radical (unpaired) electrons. The highest BCUT2D eigenvalue weighted by atomic mass is 16.2. The Hall–Kier alpha value is -1.01. The minimum absolute atomic E-state index is 0.0753. The van der Waals surface area contributed by atoms with E-state index in [1.54, 1.807) is 0 Å². The van der Waals surface area contributed by atoms with E-state index in [1.165, 1.54) is 38.5 Å². The Kier molecular flexibility index (Phi) is 3.30. The SMILES string of the molecule is C#CCNC(=O)C(N)CC12CC3CC(CC(C3)C1)C2. The normalized spacial score (nSPS) is 40.7. The van der Waals surface area contributed by atoms with Gasteiger partial charge < -0.3 is 11.1 Å². The number of hydrogen-bond donors (Lipinski definition) is 2. The van der Waals surface area contributed by atoms with E-state index in [9.17, 15) is 4.79 Å². The zero-order chi connectivity index (χ0) is 13.5. The molecule has 1 unspecified atom stereocenters. The second-order valence-electron chi connectivity index (χ2n) is 7.15. The second-order valence-corrected chi connectivity index (χ2v) is 7.15. The van der Waals surface area contributed by atoms with Crippen LogP contribution in [0.2, 0.25) is 0 Å². The van der Waals surface area contributed by atoms with Crippen molar-refractivity contribution < 1.29 is 4.79 Å². The smallest absolute Gasteiger partial charge is 0.237 e. The fraction of sp³-hybridized carbons (Fsp3) is 0.812. The first-order chi connectivity index (χ1) is 9.10. The molecule has 0 saturated heterocycles. The Bertz CT molecular complexity index is 374. The van der Waals surface area contributed by atoms with Gasteiger partial charge in [-0.1, -0.05) is 5.92 Å². The van der Waals surface area contributed by atoms with Gasteiger partial charge in [0, 0.05) is 0 Å². The summed E-state index contributed by atoms with van der Waals surface area (Å²) in [5.41, 5.74) is 6.46. The van der Waals surface area contributed by atoms with Gasteiger partial charge in [-0.25, -0.2) is 0 Å². The number of rotatable bonds is 4. The van der Waals surface area contributed by atoms with E-state index in [0.29, 0.717) is 5.41 Å². The lowest BCUT2D eigenvalue weighted by molar-refractivity contribution is -0.125. The number of nitrogens with one attached hydrogen (secondary N) is 1. The summed E-state index contributed by atoms with van der Waals surface area (Å²) in [5, 5.41) is 2.71. The highest BCUT2D eigenvalue weighted by Gasteiger charge is 2.51. The van der Waals surface area contributed by atoms with Crippen LogP contribution in [-0.2, 0) is 4.79 Å². The molecule has 4 bridgehead atoms. The summed E-state index contributed by atoms with van der Waals surface area (Å²) >= 11 is 0. The van der Waals surface area contributed by atoms with Crippen molar-refractivity contribution in [3.63, 3.8) is 0 Å². The van der Waals surface area contributed by atoms with E-state index in [4.69, 9.17) is 12.2 Å². The molecule has 0 aromatic carbocycles. The third-order valence-electron chi connectivity index (χ3n) is 5.52. The Labute approximate surface area is 115 Å². The van der Waals surface area contributed by atoms with Crippen LogP contribution in [0.5, 0.6) is 0 Å². The van der Waals surface area contributed by atoms with Gasteiger partial charge in [-0.2, -0.15) is 0 Å². The fourth-order valence-corrected chi connectivity index (χ4v) is 5.37. The number of nitrogens with two attached hydrogens (primary N) is 1. The lowest BCUT2D eigenvalue weighted by Gasteiger charge is -2.57. The minimum Gasteiger partial charge on any atom is -0.344 e. The third-order valence-corrected chi connectivity index (χ3v) is 5.52. The van der Waals surface area contributed by atoms with Crippen LogP contribution >= 0.6 is 0 Å². The molecule has 4 aliphatic rings. The largest absolute Gasteiger partial charge is 0.344 e. The number of amides is 1. The van der Waals surface area contributed by atoms with Crippen LogP contribution in [0.4, 0.5) is 0 Å². The van der Waals surface area contributed by atoms with Crippen molar-refractivity contribution >= 4 is 5.91 Å². The Balaban J connectivity index is 1.63. The summed E-state index contributed by atoms with van der Waals surface area (Å²) in [4.78, 5) is 11.9. The standard InChI is InChI=1S/C16H24N2O/c1-2-3-18-15(19)14(17)10-16-7-11-4-12(8-16)6-13(5-11)9-16/h1,11-14H,3-10,17H2,(H,18,19). The molecule has 3 N–H and O–H groups in total. The van der Waals surface area contributed by atoms with Crippen LogP contribution in [0, 0.1) is 35.5 Å². The average molecular weight is 260 g/mol. The van der Waals surface area contributed by atoms with Gasteiger partial charge in [-0.05, 0) is 68.1 Å². The Morgan fingerprint density at radius 3 is 2.26 bits per heavy atom. The van der Waals surface area contributed by atoms with Gasteiger partial charge in [0.15, 0.2) is 0 Å². The first-order valence-electron chi connectivity index (χ1n) is 7.57. The van der Waals surface area contributed by atoms with Crippen LogP contribution in [0.25, 0.3) is 0 Å². The van der Waals surface area contributed by atoms with Crippen molar-refractivity contribution in [2.24, 2.45) is 28.9 Å². The molecule has 4 rings (SSSR count). The number of carbonyl (C=O) groups excluding carboxylic acids is 1. The van der Waals surface area contributed by atoms with Crippen molar-refractivity contribution in [1.82, 2.24) is 5.32 Å². The first kappa shape index (κ1) is 13.0. The number of hydrogen-bond acceptors (Lipinski definition) is 2. The van der Waals surface area contributed by atoms with Crippen LogP contribution in [0.3, 0.4) is 0 Å². The Morgan fingerprint density at radius 2 is 1.79 bits per heavy atom. The molecule has 0 aliphatic heterocycles. The van der Waals surface area contributed by atoms with E-state index < -0.39 is 0 Å². The molecule has 4 fully saturated rings. The number of terminal acetylenes is 1. The van der Waals surface area contributed by atoms with E-state index in [0.717, 1.165) is 24.2 Å². The van der Waals surface area contributed by atoms with Crippen molar-refractivity contribution in [3.05, 3.63) is 0 Å². The molecule has 0 heterocycles. The quantitative estimate of drug-likeness (QED) is 0.755. The number of carbonyl (C=O) groups is 1. The summed E-state index contributed by atoms with van der Waals surface area (Å²) in [6.45, 7) is 0.285. The van der Waals surface area contributed by atoms with Crippen LogP contribution < -0.4 is 11.1 Å². The molecule has 1 amide bonds. The van der Waals surface area contributed by atoms with E-state index in [1.807, 2.05) is 0 Å². The molecule has 1 atom stereocenters. The summed E-state index contributed by atoms with van der Waals surface area (Å²) < 4.78 is 0. The molecule has 3 heteroatoms. The zero-order valence-corrected chi connectivity index (χ0v) is 11.5. The topological polar surface area (TPSA) is 55.1 Å². The predicted molar refractivity (Wildman–Crippen MR) is 75.0 cm³/mol. The predicted octanol–water partition coefficient (Wildman–Crippen LogP) is 1.67. The van der Waals surface area contributed by atoms with Crippen molar-refractivity contribution in [2.45, 2.75) is 51.0 Å². The van der Waals surface area contributed by atoms with Gasteiger partial charge in [0.25, 0.3) is 0 Å². The molecule has 4 aliphatic carbocycles. The van der Waals surface area contributed by atoms with Gasteiger partial charge in [-0.15, -0.1) is 6.42 Å². The van der Waals surface area contributed by atoms with Crippen LogP contribution in [0.1, 0.15) is 44.9 Å². The van der Waals surface area contributed by atoms with Crippen LogP contribution in [0.15, 0.2) is 0 Å². The molecule has 19 heavy (non-hydrogen) atoms. The lowest BCUT2D eigenvalue weighted by Crippen LogP contribution is -2.51. The third kappa shape index (κ3) is 2.51. The minimum atomic E-state index is -0.385.